The zero-order chi connectivity index (χ0) is 16.3. The fourth-order valence-electron chi connectivity index (χ4n) is 2.15. The van der Waals surface area contributed by atoms with E-state index in [0.717, 1.165) is 11.3 Å². The van der Waals surface area contributed by atoms with E-state index < -0.39 is 6.10 Å². The molecule has 1 aromatic carbocycles. The Balaban J connectivity index is 2.08. The van der Waals surface area contributed by atoms with E-state index in [1.54, 1.807) is 20.3 Å². The summed E-state index contributed by atoms with van der Waals surface area (Å²) in [5, 5.41) is 6.92. The molecule has 0 fully saturated rings. The Morgan fingerprint density at radius 3 is 2.55 bits per heavy atom. The largest absolute Gasteiger partial charge is 0.493 e. The number of carbonyl (C=O) groups excluding carboxylic acids is 1. The molecule has 120 valence electrons. The number of nitrogens with zero attached hydrogens (tertiary/aromatic N) is 1. The van der Waals surface area contributed by atoms with Gasteiger partial charge in [0, 0.05) is 17.5 Å². The van der Waals surface area contributed by atoms with Crippen LogP contribution in [0.3, 0.4) is 0 Å². The van der Waals surface area contributed by atoms with Crippen molar-refractivity contribution in [3.63, 3.8) is 0 Å². The van der Waals surface area contributed by atoms with Gasteiger partial charge in [-0.05, 0) is 39.0 Å². The van der Waals surface area contributed by atoms with Gasteiger partial charge in [-0.15, -0.1) is 0 Å². The summed E-state index contributed by atoms with van der Waals surface area (Å²) in [4.78, 5) is 17.4. The minimum Gasteiger partial charge on any atom is -0.493 e. The molecule has 6 heteroatoms. The van der Waals surface area contributed by atoms with Crippen LogP contribution in [0.25, 0.3) is 0 Å². The van der Waals surface area contributed by atoms with E-state index in [-0.39, 0.29) is 11.4 Å². The molecule has 0 aliphatic carbocycles. The normalized spacial score (nSPS) is 17.5. The van der Waals surface area contributed by atoms with Crippen LogP contribution in [0.4, 0.5) is 0 Å². The molecule has 1 heterocycles. The fraction of sp³-hybridized carbons (Fsp3) is 0.500. The van der Waals surface area contributed by atoms with Crippen LogP contribution >= 0.6 is 0 Å². The van der Waals surface area contributed by atoms with Gasteiger partial charge in [-0.1, -0.05) is 5.16 Å². The van der Waals surface area contributed by atoms with Crippen molar-refractivity contribution < 1.29 is 19.1 Å². The number of nitrogens with one attached hydrogen (secondary N) is 1. The van der Waals surface area contributed by atoms with Crippen LogP contribution in [0.15, 0.2) is 23.4 Å². The Hall–Kier alpha value is -2.24. The van der Waals surface area contributed by atoms with Crippen molar-refractivity contribution >= 4 is 11.6 Å². The molecule has 2 rings (SSSR count). The minimum absolute atomic E-state index is 0.160. The van der Waals surface area contributed by atoms with Crippen molar-refractivity contribution in [2.24, 2.45) is 5.16 Å². The Kier molecular flexibility index (Phi) is 4.59. The standard InChI is InChI=1S/C16H22N2O4/c1-16(2,3)17-15(19)14-9-11(18-22-14)10-6-7-12(20-4)13(8-10)21-5/h6-8,14H,9H2,1-5H3,(H,17,19)/t14-/m1/s1. The summed E-state index contributed by atoms with van der Waals surface area (Å²) < 4.78 is 10.5. The van der Waals surface area contributed by atoms with Gasteiger partial charge in [0.15, 0.2) is 11.5 Å². The molecule has 1 aromatic rings. The SMILES string of the molecule is COc1ccc(C2=NO[C@@H](C(=O)NC(C)(C)C)C2)cc1OC. The predicted molar refractivity (Wildman–Crippen MR) is 83.5 cm³/mol. The van der Waals surface area contributed by atoms with Gasteiger partial charge >= 0.3 is 0 Å². The van der Waals surface area contributed by atoms with Crippen molar-refractivity contribution in [1.82, 2.24) is 5.32 Å². The first-order chi connectivity index (χ1) is 10.3. The van der Waals surface area contributed by atoms with Gasteiger partial charge in [0.2, 0.25) is 6.10 Å². The maximum Gasteiger partial charge on any atom is 0.264 e. The van der Waals surface area contributed by atoms with Crippen LogP contribution < -0.4 is 14.8 Å². The van der Waals surface area contributed by atoms with E-state index in [4.69, 9.17) is 14.3 Å². The van der Waals surface area contributed by atoms with Crippen LogP contribution in [0.2, 0.25) is 0 Å². The second-order valence-corrected chi connectivity index (χ2v) is 6.15. The lowest BCUT2D eigenvalue weighted by molar-refractivity contribution is -0.132. The molecule has 0 saturated heterocycles. The molecule has 0 unspecified atom stereocenters. The molecule has 0 radical (unpaired) electrons. The Bertz CT molecular complexity index is 590. The smallest absolute Gasteiger partial charge is 0.264 e. The lowest BCUT2D eigenvalue weighted by atomic mass is 10.0. The first-order valence-corrected chi connectivity index (χ1v) is 7.11. The van der Waals surface area contributed by atoms with Crippen molar-refractivity contribution in [3.8, 4) is 11.5 Å². The second kappa shape index (κ2) is 6.25. The number of methoxy groups -OCH3 is 2. The number of amides is 1. The molecule has 1 atom stereocenters. The number of hydrogen-bond donors (Lipinski definition) is 1. The summed E-state index contributed by atoms with van der Waals surface area (Å²) in [7, 11) is 3.16. The average molecular weight is 306 g/mol. The Morgan fingerprint density at radius 2 is 1.95 bits per heavy atom. The molecule has 0 spiro atoms. The summed E-state index contributed by atoms with van der Waals surface area (Å²) in [5.74, 6) is 1.10. The summed E-state index contributed by atoms with van der Waals surface area (Å²) in [5.41, 5.74) is 1.27. The van der Waals surface area contributed by atoms with E-state index in [2.05, 4.69) is 10.5 Å². The molecule has 22 heavy (non-hydrogen) atoms. The summed E-state index contributed by atoms with van der Waals surface area (Å²) in [6.45, 7) is 5.78. The van der Waals surface area contributed by atoms with Gasteiger partial charge in [0.1, 0.15) is 0 Å². The Labute approximate surface area is 130 Å². The highest BCUT2D eigenvalue weighted by Gasteiger charge is 2.31. The highest BCUT2D eigenvalue weighted by atomic mass is 16.6. The molecular formula is C16H22N2O4. The summed E-state index contributed by atoms with van der Waals surface area (Å²) >= 11 is 0. The first kappa shape index (κ1) is 16.1. The summed E-state index contributed by atoms with van der Waals surface area (Å²) in [6, 6.07) is 5.50. The van der Waals surface area contributed by atoms with Gasteiger partial charge in [0.25, 0.3) is 5.91 Å². The van der Waals surface area contributed by atoms with Crippen molar-refractivity contribution in [2.45, 2.75) is 38.8 Å². The van der Waals surface area contributed by atoms with Crippen LogP contribution in [0.5, 0.6) is 11.5 Å². The molecule has 1 N–H and O–H groups in total. The summed E-state index contributed by atoms with van der Waals surface area (Å²) in [6.07, 6.45) is -0.167. The molecule has 1 aliphatic heterocycles. The second-order valence-electron chi connectivity index (χ2n) is 6.15. The molecule has 6 nitrogen and oxygen atoms in total. The quantitative estimate of drug-likeness (QED) is 0.925. The Morgan fingerprint density at radius 1 is 1.27 bits per heavy atom. The number of oxime groups is 1. The monoisotopic (exact) mass is 306 g/mol. The lowest BCUT2D eigenvalue weighted by Crippen LogP contribution is -2.45. The minimum atomic E-state index is -0.595. The maximum atomic E-state index is 12.1. The van der Waals surface area contributed by atoms with Crippen molar-refractivity contribution in [3.05, 3.63) is 23.8 Å². The highest BCUT2D eigenvalue weighted by Crippen LogP contribution is 2.29. The molecule has 0 aromatic heterocycles. The number of benzene rings is 1. The van der Waals surface area contributed by atoms with Gasteiger partial charge < -0.3 is 19.6 Å². The van der Waals surface area contributed by atoms with Crippen LogP contribution in [0.1, 0.15) is 32.8 Å². The molecule has 1 amide bonds. The maximum absolute atomic E-state index is 12.1. The topological polar surface area (TPSA) is 69.2 Å². The molecule has 0 saturated carbocycles. The third kappa shape index (κ3) is 3.69. The molecule has 1 aliphatic rings. The van der Waals surface area contributed by atoms with Gasteiger partial charge in [-0.2, -0.15) is 0 Å². The first-order valence-electron chi connectivity index (χ1n) is 7.11. The van der Waals surface area contributed by atoms with Gasteiger partial charge in [0.05, 0.1) is 19.9 Å². The zero-order valence-corrected chi connectivity index (χ0v) is 13.6. The zero-order valence-electron chi connectivity index (χ0n) is 13.6. The number of rotatable bonds is 4. The average Bonchev–Trinajstić information content (AvgIpc) is 2.94. The van der Waals surface area contributed by atoms with E-state index in [1.807, 2.05) is 32.9 Å². The molecule has 0 bridgehead atoms. The van der Waals surface area contributed by atoms with Crippen molar-refractivity contribution in [2.75, 3.05) is 14.2 Å². The number of ether oxygens (including phenoxy) is 2. The third-order valence-electron chi connectivity index (χ3n) is 3.18. The van der Waals surface area contributed by atoms with Gasteiger partial charge in [-0.3, -0.25) is 4.79 Å². The highest BCUT2D eigenvalue weighted by molar-refractivity contribution is 6.04. The predicted octanol–water partition coefficient (Wildman–Crippen LogP) is 2.11. The van der Waals surface area contributed by atoms with E-state index in [1.165, 1.54) is 0 Å². The lowest BCUT2D eigenvalue weighted by Gasteiger charge is -2.22. The van der Waals surface area contributed by atoms with Crippen LogP contribution in [0, 0.1) is 0 Å². The van der Waals surface area contributed by atoms with E-state index >= 15 is 0 Å². The number of hydrogen-bond acceptors (Lipinski definition) is 5. The van der Waals surface area contributed by atoms with Crippen molar-refractivity contribution in [1.29, 1.82) is 0 Å². The fourth-order valence-corrected chi connectivity index (χ4v) is 2.15. The van der Waals surface area contributed by atoms with E-state index in [9.17, 15) is 4.79 Å². The van der Waals surface area contributed by atoms with Gasteiger partial charge in [-0.25, -0.2) is 0 Å². The van der Waals surface area contributed by atoms with Crippen LogP contribution in [-0.2, 0) is 9.63 Å². The molecular weight excluding hydrogens is 284 g/mol. The number of carbonyl (C=O) groups is 1. The third-order valence-corrected chi connectivity index (χ3v) is 3.18. The van der Waals surface area contributed by atoms with Crippen LogP contribution in [-0.4, -0.2) is 37.5 Å². The van der Waals surface area contributed by atoms with E-state index in [0.29, 0.717) is 17.9 Å².